The van der Waals surface area contributed by atoms with Crippen molar-refractivity contribution in [1.82, 2.24) is 9.88 Å². The van der Waals surface area contributed by atoms with E-state index in [1.54, 1.807) is 6.20 Å². The van der Waals surface area contributed by atoms with E-state index in [0.29, 0.717) is 45.0 Å². The molecule has 0 spiro atoms. The van der Waals surface area contributed by atoms with Crippen LogP contribution in [0.25, 0.3) is 0 Å². The molecule has 2 fully saturated rings. The summed E-state index contributed by atoms with van der Waals surface area (Å²) in [5, 5.41) is 0. The molecule has 0 radical (unpaired) electrons. The molecule has 0 bridgehead atoms. The summed E-state index contributed by atoms with van der Waals surface area (Å²) in [5.74, 6) is -0.891. The molecule has 0 aliphatic carbocycles. The first-order chi connectivity index (χ1) is 17.4. The maximum absolute atomic E-state index is 13.5. The number of nitrogens with one attached hydrogen (secondary N) is 1. The first-order valence-corrected chi connectivity index (χ1v) is 12.5. The molecule has 8 heteroatoms. The molecular weight excluding hydrogens is 464 g/mol. The number of piperidine rings is 1. The van der Waals surface area contributed by atoms with E-state index < -0.39 is 5.92 Å². The molecule has 0 saturated carbocycles. The van der Waals surface area contributed by atoms with Crippen molar-refractivity contribution in [3.05, 3.63) is 87.3 Å². The number of likely N-dealkylation sites (tertiary alicyclic amines) is 1. The van der Waals surface area contributed by atoms with Crippen molar-refractivity contribution < 1.29 is 18.3 Å². The number of fused-ring (bicyclic) bond motifs is 2. The minimum atomic E-state index is -2.53. The molecule has 4 heterocycles. The number of aromatic amines is 1. The van der Waals surface area contributed by atoms with Gasteiger partial charge in [-0.25, -0.2) is 8.78 Å². The number of hydrogen-bond donors (Lipinski definition) is 1. The smallest absolute Gasteiger partial charge is 0.271 e. The Balaban J connectivity index is 1.20. The van der Waals surface area contributed by atoms with Gasteiger partial charge in [0.05, 0.1) is 6.61 Å². The van der Waals surface area contributed by atoms with Gasteiger partial charge in [-0.3, -0.25) is 9.69 Å². The molecule has 3 aromatic rings. The molecule has 1 unspecified atom stereocenters. The van der Waals surface area contributed by atoms with Crippen molar-refractivity contribution in [2.24, 2.45) is 0 Å². The van der Waals surface area contributed by atoms with Crippen LogP contribution in [0, 0.1) is 0 Å². The minimum absolute atomic E-state index is 0.0729. The summed E-state index contributed by atoms with van der Waals surface area (Å²) in [7, 11) is 0. The molecule has 1 N–H and O–H groups in total. The van der Waals surface area contributed by atoms with Crippen LogP contribution in [-0.2, 0) is 17.7 Å². The largest absolute Gasteiger partial charge is 0.456 e. The zero-order valence-corrected chi connectivity index (χ0v) is 20.0. The van der Waals surface area contributed by atoms with Crippen LogP contribution in [0.1, 0.15) is 41.2 Å². The first-order valence-electron chi connectivity index (χ1n) is 12.5. The van der Waals surface area contributed by atoms with Crippen LogP contribution in [0.15, 0.2) is 59.5 Å². The van der Waals surface area contributed by atoms with Crippen molar-refractivity contribution >= 4 is 5.69 Å². The quantitative estimate of drug-likeness (QED) is 0.439. The van der Waals surface area contributed by atoms with Gasteiger partial charge in [-0.05, 0) is 34.9 Å². The molecule has 36 heavy (non-hydrogen) atoms. The summed E-state index contributed by atoms with van der Waals surface area (Å²) in [6.45, 7) is 3.24. The van der Waals surface area contributed by atoms with Crippen molar-refractivity contribution in [1.29, 1.82) is 0 Å². The van der Waals surface area contributed by atoms with Crippen LogP contribution < -0.4 is 15.2 Å². The van der Waals surface area contributed by atoms with E-state index in [1.807, 2.05) is 36.4 Å². The molecule has 1 aromatic heterocycles. The average Bonchev–Trinajstić information content (AvgIpc) is 2.89. The number of nitrogens with zero attached hydrogens (tertiary/aromatic N) is 2. The summed E-state index contributed by atoms with van der Waals surface area (Å²) < 4.78 is 39.6. The number of pyridine rings is 1. The highest BCUT2D eigenvalue weighted by Crippen LogP contribution is 2.42. The average molecular weight is 494 g/mol. The van der Waals surface area contributed by atoms with Crippen LogP contribution in [0.4, 0.5) is 14.5 Å². The second-order valence-electron chi connectivity index (χ2n) is 9.88. The van der Waals surface area contributed by atoms with Crippen LogP contribution in [0.3, 0.4) is 0 Å². The van der Waals surface area contributed by atoms with E-state index in [9.17, 15) is 13.6 Å². The molecule has 0 amide bonds. The highest BCUT2D eigenvalue weighted by atomic mass is 19.3. The Morgan fingerprint density at radius 2 is 1.89 bits per heavy atom. The van der Waals surface area contributed by atoms with Crippen LogP contribution >= 0.6 is 0 Å². The summed E-state index contributed by atoms with van der Waals surface area (Å²) in [6, 6.07) is 16.0. The van der Waals surface area contributed by atoms with Crippen molar-refractivity contribution in [2.45, 2.75) is 37.8 Å². The lowest BCUT2D eigenvalue weighted by Crippen LogP contribution is -2.41. The third-order valence-corrected chi connectivity index (χ3v) is 7.39. The van der Waals surface area contributed by atoms with Gasteiger partial charge in [0.2, 0.25) is 0 Å². The highest BCUT2D eigenvalue weighted by molar-refractivity contribution is 5.55. The second kappa shape index (κ2) is 9.33. The molecular formula is C28H29F2N3O3. The Kier molecular flexibility index (Phi) is 6.01. The predicted octanol–water partition coefficient (Wildman–Crippen LogP) is 4.88. The van der Waals surface area contributed by atoms with E-state index in [1.165, 1.54) is 0 Å². The lowest BCUT2D eigenvalue weighted by molar-refractivity contribution is -0.0566. The number of alkyl halides is 2. The second-order valence-corrected chi connectivity index (χ2v) is 9.88. The van der Waals surface area contributed by atoms with Gasteiger partial charge >= 0.3 is 0 Å². The molecule has 6 nitrogen and oxygen atoms in total. The Labute approximate surface area is 208 Å². The van der Waals surface area contributed by atoms with E-state index in [2.05, 4.69) is 26.9 Å². The van der Waals surface area contributed by atoms with E-state index in [4.69, 9.17) is 9.47 Å². The lowest BCUT2D eigenvalue weighted by Gasteiger charge is -2.35. The number of ether oxygens (including phenoxy) is 2. The zero-order valence-electron chi connectivity index (χ0n) is 20.0. The van der Waals surface area contributed by atoms with Gasteiger partial charge in [-0.1, -0.05) is 30.3 Å². The van der Waals surface area contributed by atoms with E-state index >= 15 is 0 Å². The summed E-state index contributed by atoms with van der Waals surface area (Å²) in [4.78, 5) is 19.2. The van der Waals surface area contributed by atoms with Gasteiger partial charge in [0, 0.05) is 63.7 Å². The molecule has 2 aromatic carbocycles. The third-order valence-electron chi connectivity index (χ3n) is 7.39. The first kappa shape index (κ1) is 23.2. The number of aromatic nitrogens is 1. The number of benzene rings is 2. The van der Waals surface area contributed by atoms with Gasteiger partial charge in [0.25, 0.3) is 11.5 Å². The Morgan fingerprint density at radius 3 is 2.72 bits per heavy atom. The van der Waals surface area contributed by atoms with Crippen molar-refractivity contribution in [2.75, 3.05) is 37.7 Å². The molecule has 1 atom stereocenters. The topological polar surface area (TPSA) is 57.8 Å². The highest BCUT2D eigenvalue weighted by Gasteiger charge is 2.34. The number of rotatable bonds is 4. The standard InChI is InChI=1S/C28H29F2N3O3/c29-28(30)8-11-32(12-9-28)17-19-6-7-24-21(15-19)16-20-3-1-4-22(26(20)36-24)25-18-33(13-14-35-25)23-5-2-10-31-27(23)34/h1-7,10,15,25H,8-9,11-14,16-18H2,(H,31,34). The van der Waals surface area contributed by atoms with E-state index in [-0.39, 0.29) is 24.5 Å². The van der Waals surface area contributed by atoms with Crippen LogP contribution in [0.2, 0.25) is 0 Å². The SMILES string of the molecule is O=c1[nH]cccc1N1CCOC(c2cccc3c2Oc2ccc(CN4CCC(F)(F)CC4)cc2C3)C1. The van der Waals surface area contributed by atoms with E-state index in [0.717, 1.165) is 40.2 Å². The fourth-order valence-corrected chi connectivity index (χ4v) is 5.42. The normalized spacial score (nSPS) is 21.4. The van der Waals surface area contributed by atoms with Gasteiger partial charge in [-0.15, -0.1) is 0 Å². The van der Waals surface area contributed by atoms with Gasteiger partial charge in [-0.2, -0.15) is 0 Å². The molecule has 3 aliphatic heterocycles. The van der Waals surface area contributed by atoms with Gasteiger partial charge in [0.1, 0.15) is 23.3 Å². The summed E-state index contributed by atoms with van der Waals surface area (Å²) in [5.41, 5.74) is 4.82. The number of H-pyrrole nitrogens is 1. The van der Waals surface area contributed by atoms with Crippen LogP contribution in [-0.4, -0.2) is 48.6 Å². The number of morpholine rings is 1. The monoisotopic (exact) mass is 493 g/mol. The molecule has 188 valence electrons. The Morgan fingerprint density at radius 1 is 1.03 bits per heavy atom. The minimum Gasteiger partial charge on any atom is -0.456 e. The Hall–Kier alpha value is -3.23. The zero-order chi connectivity index (χ0) is 24.7. The number of hydrogen-bond acceptors (Lipinski definition) is 5. The molecule has 6 rings (SSSR count). The maximum Gasteiger partial charge on any atom is 0.271 e. The summed E-state index contributed by atoms with van der Waals surface area (Å²) in [6.07, 6.45) is 2.01. The predicted molar refractivity (Wildman–Crippen MR) is 133 cm³/mol. The number of para-hydroxylation sites is 1. The number of halogens is 2. The Bertz CT molecular complexity index is 1320. The molecule has 2 saturated heterocycles. The molecule has 3 aliphatic rings. The summed E-state index contributed by atoms with van der Waals surface area (Å²) >= 11 is 0. The fraction of sp³-hybridized carbons (Fsp3) is 0.393. The third kappa shape index (κ3) is 4.63. The van der Waals surface area contributed by atoms with Crippen LogP contribution in [0.5, 0.6) is 11.5 Å². The van der Waals surface area contributed by atoms with Gasteiger partial charge < -0.3 is 19.4 Å². The lowest BCUT2D eigenvalue weighted by atomic mass is 9.94. The van der Waals surface area contributed by atoms with Crippen molar-refractivity contribution in [3.8, 4) is 11.5 Å². The van der Waals surface area contributed by atoms with Gasteiger partial charge in [0.15, 0.2) is 0 Å². The maximum atomic E-state index is 13.5. The van der Waals surface area contributed by atoms with Crippen molar-refractivity contribution in [3.63, 3.8) is 0 Å². The number of anilines is 1. The fourth-order valence-electron chi connectivity index (χ4n) is 5.42.